The molecule has 29 heavy (non-hydrogen) atoms. The Morgan fingerprint density at radius 1 is 1.10 bits per heavy atom. The molecule has 0 amide bonds. The summed E-state index contributed by atoms with van der Waals surface area (Å²) in [6, 6.07) is 14.9. The Hall–Kier alpha value is -1.81. The van der Waals surface area contributed by atoms with E-state index in [2.05, 4.69) is 15.6 Å². The number of hydrogen-bond acceptors (Lipinski definition) is 4. The molecular formula is C21H30IN3O3S. The summed E-state index contributed by atoms with van der Waals surface area (Å²) in [5.41, 5.74) is 2.22. The predicted molar refractivity (Wildman–Crippen MR) is 129 cm³/mol. The van der Waals surface area contributed by atoms with Gasteiger partial charge in [-0.2, -0.15) is 0 Å². The van der Waals surface area contributed by atoms with E-state index in [1.165, 1.54) is 11.8 Å². The molecule has 0 saturated heterocycles. The molecule has 0 spiro atoms. The maximum absolute atomic E-state index is 11.5. The molecule has 160 valence electrons. The van der Waals surface area contributed by atoms with Gasteiger partial charge in [0.1, 0.15) is 12.4 Å². The van der Waals surface area contributed by atoms with Crippen LogP contribution in [0.4, 0.5) is 0 Å². The summed E-state index contributed by atoms with van der Waals surface area (Å²) in [5.74, 6) is 1.60. The largest absolute Gasteiger partial charge is 0.492 e. The highest BCUT2D eigenvalue weighted by molar-refractivity contribution is 14.0. The number of hydrogen-bond donors (Lipinski definition) is 2. The summed E-state index contributed by atoms with van der Waals surface area (Å²) >= 11 is 0. The van der Waals surface area contributed by atoms with Crippen molar-refractivity contribution in [3.05, 3.63) is 59.7 Å². The Balaban J connectivity index is 0.00000420. The van der Waals surface area contributed by atoms with Crippen LogP contribution in [-0.4, -0.2) is 46.9 Å². The highest BCUT2D eigenvalue weighted by Crippen LogP contribution is 2.12. The molecule has 0 heterocycles. The first-order valence-corrected chi connectivity index (χ1v) is 11.3. The molecule has 0 saturated carbocycles. The number of sulfone groups is 1. The number of rotatable bonds is 9. The van der Waals surface area contributed by atoms with Crippen LogP contribution in [0.25, 0.3) is 0 Å². The third-order valence-corrected chi connectivity index (χ3v) is 5.15. The Labute approximate surface area is 191 Å². The van der Waals surface area contributed by atoms with Gasteiger partial charge in [0.2, 0.25) is 0 Å². The first-order chi connectivity index (χ1) is 13.4. The number of aryl methyl sites for hydroxylation is 1. The van der Waals surface area contributed by atoms with Gasteiger partial charge in [-0.25, -0.2) is 8.42 Å². The molecule has 2 N–H and O–H groups in total. The molecule has 0 aliphatic rings. The van der Waals surface area contributed by atoms with Crippen molar-refractivity contribution >= 4 is 39.8 Å². The lowest BCUT2D eigenvalue weighted by Gasteiger charge is -2.12. The van der Waals surface area contributed by atoms with E-state index in [1.54, 1.807) is 12.1 Å². The third-order valence-electron chi connectivity index (χ3n) is 4.02. The van der Waals surface area contributed by atoms with Crippen LogP contribution in [0.15, 0.2) is 58.4 Å². The van der Waals surface area contributed by atoms with Crippen LogP contribution < -0.4 is 15.4 Å². The summed E-state index contributed by atoms with van der Waals surface area (Å²) in [5, 5.41) is 6.47. The van der Waals surface area contributed by atoms with Crippen molar-refractivity contribution in [3.8, 4) is 5.75 Å². The molecule has 0 fully saturated rings. The summed E-state index contributed by atoms with van der Waals surface area (Å²) in [6.45, 7) is 6.61. The van der Waals surface area contributed by atoms with Gasteiger partial charge in [-0.3, -0.25) is 4.99 Å². The van der Waals surface area contributed by atoms with Crippen LogP contribution in [0.2, 0.25) is 0 Å². The third kappa shape index (κ3) is 9.49. The number of aliphatic imine (C=N–C) groups is 1. The van der Waals surface area contributed by atoms with Gasteiger partial charge in [-0.1, -0.05) is 24.3 Å². The summed E-state index contributed by atoms with van der Waals surface area (Å²) in [7, 11) is -3.16. The zero-order chi connectivity index (χ0) is 20.4. The van der Waals surface area contributed by atoms with Crippen molar-refractivity contribution in [2.45, 2.75) is 25.2 Å². The second-order valence-corrected chi connectivity index (χ2v) is 8.53. The lowest BCUT2D eigenvalue weighted by atomic mass is 10.1. The van der Waals surface area contributed by atoms with Crippen LogP contribution in [0, 0.1) is 6.92 Å². The zero-order valence-corrected chi connectivity index (χ0v) is 20.3. The zero-order valence-electron chi connectivity index (χ0n) is 17.1. The maximum Gasteiger partial charge on any atom is 0.191 e. The van der Waals surface area contributed by atoms with Crippen LogP contribution >= 0.6 is 24.0 Å². The Bertz CT molecular complexity index is 884. The SMILES string of the molecule is CCNC(=NCCc1ccc(S(C)(=O)=O)cc1)NCCOc1cccc(C)c1.I. The molecule has 2 rings (SSSR count). The van der Waals surface area contributed by atoms with Crippen LogP contribution in [0.5, 0.6) is 5.75 Å². The monoisotopic (exact) mass is 531 g/mol. The van der Waals surface area contributed by atoms with Crippen LogP contribution in [-0.2, 0) is 16.3 Å². The van der Waals surface area contributed by atoms with E-state index < -0.39 is 9.84 Å². The number of nitrogens with one attached hydrogen (secondary N) is 2. The summed E-state index contributed by atoms with van der Waals surface area (Å²) < 4.78 is 28.7. The summed E-state index contributed by atoms with van der Waals surface area (Å²) in [4.78, 5) is 4.90. The minimum Gasteiger partial charge on any atom is -0.492 e. The smallest absolute Gasteiger partial charge is 0.191 e. The highest BCUT2D eigenvalue weighted by Gasteiger charge is 2.06. The quantitative estimate of drug-likeness (QED) is 0.225. The maximum atomic E-state index is 11.5. The molecule has 6 nitrogen and oxygen atoms in total. The first-order valence-electron chi connectivity index (χ1n) is 9.39. The highest BCUT2D eigenvalue weighted by atomic mass is 127. The molecule has 0 bridgehead atoms. The lowest BCUT2D eigenvalue weighted by molar-refractivity contribution is 0.321. The molecule has 0 atom stereocenters. The molecule has 8 heteroatoms. The second-order valence-electron chi connectivity index (χ2n) is 6.52. The Morgan fingerprint density at radius 2 is 1.83 bits per heavy atom. The van der Waals surface area contributed by atoms with E-state index in [9.17, 15) is 8.42 Å². The number of benzene rings is 2. The fourth-order valence-corrected chi connectivity index (χ4v) is 3.22. The fourth-order valence-electron chi connectivity index (χ4n) is 2.59. The molecular weight excluding hydrogens is 501 g/mol. The Morgan fingerprint density at radius 3 is 2.45 bits per heavy atom. The predicted octanol–water partition coefficient (Wildman–Crippen LogP) is 3.19. The second kappa shape index (κ2) is 12.7. The normalized spacial score (nSPS) is 11.5. The van der Waals surface area contributed by atoms with E-state index in [0.717, 1.165) is 30.2 Å². The van der Waals surface area contributed by atoms with E-state index >= 15 is 0 Å². The van der Waals surface area contributed by atoms with Crippen LogP contribution in [0.3, 0.4) is 0 Å². The van der Waals surface area contributed by atoms with Crippen molar-refractivity contribution in [2.24, 2.45) is 4.99 Å². The summed E-state index contributed by atoms with van der Waals surface area (Å²) in [6.07, 6.45) is 1.95. The number of nitrogens with zero attached hydrogens (tertiary/aromatic N) is 1. The molecule has 2 aromatic rings. The molecule has 0 radical (unpaired) electrons. The molecule has 0 aromatic heterocycles. The molecule has 0 aliphatic heterocycles. The van der Waals surface area contributed by atoms with Crippen molar-refractivity contribution in [1.82, 2.24) is 10.6 Å². The van der Waals surface area contributed by atoms with Crippen molar-refractivity contribution in [3.63, 3.8) is 0 Å². The number of halogens is 1. The minimum absolute atomic E-state index is 0. The van der Waals surface area contributed by atoms with Gasteiger partial charge in [0, 0.05) is 19.3 Å². The first kappa shape index (κ1) is 25.2. The topological polar surface area (TPSA) is 79.8 Å². The van der Waals surface area contributed by atoms with Gasteiger partial charge in [-0.15, -0.1) is 24.0 Å². The van der Waals surface area contributed by atoms with Gasteiger partial charge >= 0.3 is 0 Å². The average Bonchev–Trinajstić information content (AvgIpc) is 2.65. The Kier molecular flexibility index (Phi) is 11.0. The van der Waals surface area contributed by atoms with Crippen molar-refractivity contribution in [1.29, 1.82) is 0 Å². The van der Waals surface area contributed by atoms with Crippen LogP contribution in [0.1, 0.15) is 18.1 Å². The van der Waals surface area contributed by atoms with Gasteiger partial charge in [0.15, 0.2) is 15.8 Å². The number of ether oxygens (including phenoxy) is 1. The van der Waals surface area contributed by atoms with Gasteiger partial charge in [0.25, 0.3) is 0 Å². The molecule has 0 aliphatic carbocycles. The number of guanidine groups is 1. The molecule has 0 unspecified atom stereocenters. The fraction of sp³-hybridized carbons (Fsp3) is 0.381. The average molecular weight is 531 g/mol. The minimum atomic E-state index is -3.16. The van der Waals surface area contributed by atoms with Gasteiger partial charge in [0.05, 0.1) is 11.4 Å². The lowest BCUT2D eigenvalue weighted by Crippen LogP contribution is -2.39. The van der Waals surface area contributed by atoms with Crippen molar-refractivity contribution in [2.75, 3.05) is 32.5 Å². The molecule has 2 aromatic carbocycles. The van der Waals surface area contributed by atoms with Crippen molar-refractivity contribution < 1.29 is 13.2 Å². The van der Waals surface area contributed by atoms with Gasteiger partial charge < -0.3 is 15.4 Å². The van der Waals surface area contributed by atoms with E-state index in [4.69, 9.17) is 4.74 Å². The van der Waals surface area contributed by atoms with E-state index in [-0.39, 0.29) is 24.0 Å². The van der Waals surface area contributed by atoms with E-state index in [1.807, 2.05) is 50.2 Å². The van der Waals surface area contributed by atoms with E-state index in [0.29, 0.717) is 24.6 Å². The van der Waals surface area contributed by atoms with Gasteiger partial charge in [-0.05, 0) is 55.7 Å². The standard InChI is InChI=1S/C21H29N3O3S.HI/c1-4-22-21(24-14-15-27-19-7-5-6-17(2)16-19)23-13-12-18-8-10-20(11-9-18)28(3,25)26;/h5-11,16H,4,12-15H2,1-3H3,(H2,22,23,24);1H.